The Morgan fingerprint density at radius 3 is 2.69 bits per heavy atom. The van der Waals surface area contributed by atoms with Crippen molar-refractivity contribution < 1.29 is 9.53 Å². The molecule has 2 aliphatic heterocycles. The number of ether oxygens (including phenoxy) is 1. The maximum atomic E-state index is 13.0. The molecule has 1 saturated heterocycles. The maximum absolute atomic E-state index is 13.0. The second-order valence-electron chi connectivity index (χ2n) is 7.95. The van der Waals surface area contributed by atoms with Crippen molar-refractivity contribution in [2.75, 3.05) is 50.6 Å². The number of carbonyl (C=O) groups is 1. The summed E-state index contributed by atoms with van der Waals surface area (Å²) < 4.78 is 5.27. The average molecular weight is 396 g/mol. The number of fused-ring (bicyclic) bond motifs is 1. The van der Waals surface area contributed by atoms with Gasteiger partial charge < -0.3 is 19.4 Å². The van der Waals surface area contributed by atoms with Gasteiger partial charge in [-0.05, 0) is 30.5 Å². The Labute approximate surface area is 172 Å². The Kier molecular flexibility index (Phi) is 5.56. The number of rotatable bonds is 5. The Balaban J connectivity index is 1.54. The predicted octanol–water partition coefficient (Wildman–Crippen LogP) is 2.28. The van der Waals surface area contributed by atoms with E-state index in [4.69, 9.17) is 14.7 Å². The molecule has 0 bridgehead atoms. The number of carbonyl (C=O) groups excluding carboxylic acids is 1. The van der Waals surface area contributed by atoms with E-state index in [0.717, 1.165) is 53.8 Å². The molecule has 3 heterocycles. The van der Waals surface area contributed by atoms with E-state index in [9.17, 15) is 4.79 Å². The number of aromatic nitrogens is 2. The first-order chi connectivity index (χ1) is 14.0. The lowest BCUT2D eigenvalue weighted by atomic mass is 10.0. The average Bonchev–Trinajstić information content (AvgIpc) is 3.27. The summed E-state index contributed by atoms with van der Waals surface area (Å²) in [6, 6.07) is 7.70. The van der Waals surface area contributed by atoms with E-state index in [0.29, 0.717) is 19.5 Å². The van der Waals surface area contributed by atoms with Gasteiger partial charge in [-0.15, -0.1) is 0 Å². The van der Waals surface area contributed by atoms with Gasteiger partial charge in [0, 0.05) is 45.7 Å². The molecule has 2 aliphatic rings. The van der Waals surface area contributed by atoms with E-state index in [-0.39, 0.29) is 5.91 Å². The molecule has 0 unspecified atom stereocenters. The number of amides is 1. The highest BCUT2D eigenvalue weighted by molar-refractivity contribution is 5.79. The summed E-state index contributed by atoms with van der Waals surface area (Å²) >= 11 is 0. The fraction of sp³-hybridized carbons (Fsp3) is 0.500. The number of benzene rings is 1. The second-order valence-corrected chi connectivity index (χ2v) is 7.95. The summed E-state index contributed by atoms with van der Waals surface area (Å²) in [6.07, 6.45) is 3.54. The summed E-state index contributed by atoms with van der Waals surface area (Å²) in [5, 5.41) is 0. The molecular weight excluding hydrogens is 366 g/mol. The standard InChI is InChI=1S/C22H29N5O2/c1-25(2)21-18-15-27(20(28)14-16-7-6-8-17(13-16)29-3)12-9-19(18)23-22(24-21)26-10-4-5-11-26/h6-8,13H,4-5,9-12,14-15H2,1-3H3. The molecule has 1 aromatic heterocycles. The number of anilines is 2. The van der Waals surface area contributed by atoms with E-state index in [1.807, 2.05) is 48.2 Å². The van der Waals surface area contributed by atoms with E-state index in [1.165, 1.54) is 12.8 Å². The Bertz CT molecular complexity index is 893. The first kappa shape index (κ1) is 19.5. The van der Waals surface area contributed by atoms with Crippen LogP contribution in [0, 0.1) is 0 Å². The van der Waals surface area contributed by atoms with Crippen molar-refractivity contribution in [1.82, 2.24) is 14.9 Å². The van der Waals surface area contributed by atoms with Gasteiger partial charge in [0.05, 0.1) is 25.8 Å². The van der Waals surface area contributed by atoms with E-state index < -0.39 is 0 Å². The van der Waals surface area contributed by atoms with Crippen molar-refractivity contribution in [2.45, 2.75) is 32.2 Å². The van der Waals surface area contributed by atoms with Crippen LogP contribution in [-0.2, 0) is 24.2 Å². The number of nitrogens with zero attached hydrogens (tertiary/aromatic N) is 5. The second kappa shape index (κ2) is 8.27. The third-order valence-electron chi connectivity index (χ3n) is 5.68. The lowest BCUT2D eigenvalue weighted by molar-refractivity contribution is -0.131. The molecule has 0 radical (unpaired) electrons. The molecule has 0 saturated carbocycles. The fourth-order valence-electron chi connectivity index (χ4n) is 4.09. The minimum absolute atomic E-state index is 0.122. The normalized spacial score (nSPS) is 16.0. The molecule has 0 spiro atoms. The van der Waals surface area contributed by atoms with Crippen molar-refractivity contribution in [1.29, 1.82) is 0 Å². The summed E-state index contributed by atoms with van der Waals surface area (Å²) in [5.74, 6) is 2.66. The van der Waals surface area contributed by atoms with Crippen molar-refractivity contribution in [2.24, 2.45) is 0 Å². The van der Waals surface area contributed by atoms with Crippen LogP contribution in [0.3, 0.4) is 0 Å². The van der Waals surface area contributed by atoms with Gasteiger partial charge in [-0.25, -0.2) is 4.98 Å². The molecule has 1 aromatic carbocycles. The largest absolute Gasteiger partial charge is 0.497 e. The van der Waals surface area contributed by atoms with Crippen LogP contribution in [0.1, 0.15) is 29.7 Å². The Morgan fingerprint density at radius 2 is 1.97 bits per heavy atom. The van der Waals surface area contributed by atoms with Crippen molar-refractivity contribution in [3.05, 3.63) is 41.1 Å². The Hall–Kier alpha value is -2.83. The SMILES string of the molecule is COc1cccc(CC(=O)N2CCc3nc(N4CCCC4)nc(N(C)C)c3C2)c1. The zero-order chi connectivity index (χ0) is 20.4. The van der Waals surface area contributed by atoms with E-state index >= 15 is 0 Å². The van der Waals surface area contributed by atoms with Crippen LogP contribution in [0.2, 0.25) is 0 Å². The molecule has 154 valence electrons. The van der Waals surface area contributed by atoms with Gasteiger partial charge in [0.1, 0.15) is 11.6 Å². The summed E-state index contributed by atoms with van der Waals surface area (Å²) in [7, 11) is 5.66. The van der Waals surface area contributed by atoms with Crippen LogP contribution in [0.15, 0.2) is 24.3 Å². The van der Waals surface area contributed by atoms with Crippen LogP contribution >= 0.6 is 0 Å². The zero-order valence-electron chi connectivity index (χ0n) is 17.5. The predicted molar refractivity (Wildman–Crippen MR) is 114 cm³/mol. The molecule has 4 rings (SSSR count). The molecule has 7 heteroatoms. The first-order valence-corrected chi connectivity index (χ1v) is 10.3. The van der Waals surface area contributed by atoms with Crippen molar-refractivity contribution in [3.63, 3.8) is 0 Å². The monoisotopic (exact) mass is 395 g/mol. The van der Waals surface area contributed by atoms with Gasteiger partial charge in [-0.3, -0.25) is 4.79 Å². The summed E-state index contributed by atoms with van der Waals surface area (Å²) in [6.45, 7) is 3.30. The van der Waals surface area contributed by atoms with Crippen molar-refractivity contribution in [3.8, 4) is 5.75 Å². The summed E-state index contributed by atoms with van der Waals surface area (Å²) in [5.41, 5.74) is 3.12. The maximum Gasteiger partial charge on any atom is 0.227 e. The number of hydrogen-bond donors (Lipinski definition) is 0. The van der Waals surface area contributed by atoms with Crippen molar-refractivity contribution >= 4 is 17.7 Å². The highest BCUT2D eigenvalue weighted by atomic mass is 16.5. The van der Waals surface area contributed by atoms with Gasteiger partial charge in [-0.2, -0.15) is 4.98 Å². The number of hydrogen-bond acceptors (Lipinski definition) is 6. The molecule has 7 nitrogen and oxygen atoms in total. The first-order valence-electron chi connectivity index (χ1n) is 10.3. The minimum atomic E-state index is 0.122. The quantitative estimate of drug-likeness (QED) is 0.774. The van der Waals surface area contributed by atoms with E-state index in [2.05, 4.69) is 4.90 Å². The molecule has 0 atom stereocenters. The molecule has 0 aliphatic carbocycles. The van der Waals surface area contributed by atoms with Crippen LogP contribution in [0.4, 0.5) is 11.8 Å². The van der Waals surface area contributed by atoms with Crippen LogP contribution in [0.25, 0.3) is 0 Å². The molecule has 1 amide bonds. The summed E-state index contributed by atoms with van der Waals surface area (Å²) in [4.78, 5) is 28.9. The van der Waals surface area contributed by atoms with Crippen LogP contribution in [-0.4, -0.2) is 61.6 Å². The number of methoxy groups -OCH3 is 1. The van der Waals surface area contributed by atoms with Crippen LogP contribution < -0.4 is 14.5 Å². The van der Waals surface area contributed by atoms with Gasteiger partial charge >= 0.3 is 0 Å². The van der Waals surface area contributed by atoms with E-state index in [1.54, 1.807) is 7.11 Å². The van der Waals surface area contributed by atoms with Crippen LogP contribution in [0.5, 0.6) is 5.75 Å². The molecule has 1 fully saturated rings. The topological polar surface area (TPSA) is 61.8 Å². The van der Waals surface area contributed by atoms with Gasteiger partial charge in [0.25, 0.3) is 0 Å². The third-order valence-corrected chi connectivity index (χ3v) is 5.68. The fourth-order valence-corrected chi connectivity index (χ4v) is 4.09. The molecule has 2 aromatic rings. The molecule has 0 N–H and O–H groups in total. The van der Waals surface area contributed by atoms with Gasteiger partial charge in [0.15, 0.2) is 0 Å². The zero-order valence-corrected chi connectivity index (χ0v) is 17.5. The van der Waals surface area contributed by atoms with Gasteiger partial charge in [-0.1, -0.05) is 12.1 Å². The lowest BCUT2D eigenvalue weighted by Crippen LogP contribution is -2.38. The molecule has 29 heavy (non-hydrogen) atoms. The highest BCUT2D eigenvalue weighted by Crippen LogP contribution is 2.29. The smallest absolute Gasteiger partial charge is 0.227 e. The molecular formula is C22H29N5O2. The minimum Gasteiger partial charge on any atom is -0.497 e. The van der Waals surface area contributed by atoms with Gasteiger partial charge in [0.2, 0.25) is 11.9 Å². The lowest BCUT2D eigenvalue weighted by Gasteiger charge is -2.32. The highest BCUT2D eigenvalue weighted by Gasteiger charge is 2.28. The Morgan fingerprint density at radius 1 is 1.17 bits per heavy atom. The third kappa shape index (κ3) is 4.13.